The summed E-state index contributed by atoms with van der Waals surface area (Å²) in [6.45, 7) is 1.94. The Labute approximate surface area is 123 Å². The minimum atomic E-state index is -0.105. The van der Waals surface area contributed by atoms with Gasteiger partial charge in [-0.3, -0.25) is 4.79 Å². The van der Waals surface area contributed by atoms with Gasteiger partial charge in [-0.05, 0) is 43.0 Å². The van der Waals surface area contributed by atoms with Crippen molar-refractivity contribution in [1.29, 1.82) is 0 Å². The second-order valence-corrected chi connectivity index (χ2v) is 5.25. The molecule has 3 nitrogen and oxygen atoms in total. The minimum absolute atomic E-state index is 0.105. The summed E-state index contributed by atoms with van der Waals surface area (Å²) in [5, 5.41) is 2.90. The molecule has 20 heavy (non-hydrogen) atoms. The Kier molecular flexibility index (Phi) is 4.69. The molecule has 2 aromatic carbocycles. The van der Waals surface area contributed by atoms with E-state index in [0.717, 1.165) is 21.9 Å². The van der Waals surface area contributed by atoms with Crippen LogP contribution in [-0.2, 0) is 0 Å². The largest absolute Gasteiger partial charge is 0.497 e. The van der Waals surface area contributed by atoms with Crippen LogP contribution in [0.4, 0.5) is 5.69 Å². The summed E-state index contributed by atoms with van der Waals surface area (Å²) < 4.78 is 5.15. The first-order valence-electron chi connectivity index (χ1n) is 6.24. The number of anilines is 1. The third kappa shape index (κ3) is 3.33. The molecule has 4 heteroatoms. The zero-order valence-corrected chi connectivity index (χ0v) is 12.6. The molecule has 0 aliphatic heterocycles. The number of nitrogens with one attached hydrogen (secondary N) is 1. The van der Waals surface area contributed by atoms with Crippen LogP contribution in [0.15, 0.2) is 47.4 Å². The second-order valence-electron chi connectivity index (χ2n) is 4.37. The number of carbonyl (C=O) groups is 1. The molecule has 0 saturated heterocycles. The molecule has 0 aliphatic carbocycles. The fourth-order valence-corrected chi connectivity index (χ4v) is 2.31. The van der Waals surface area contributed by atoms with E-state index in [-0.39, 0.29) is 5.91 Å². The van der Waals surface area contributed by atoms with Crippen molar-refractivity contribution in [1.82, 2.24) is 0 Å². The maximum Gasteiger partial charge on any atom is 0.255 e. The van der Waals surface area contributed by atoms with E-state index in [2.05, 4.69) is 5.32 Å². The number of rotatable bonds is 4. The molecule has 2 aromatic rings. The molecular weight excluding hydrogens is 270 g/mol. The van der Waals surface area contributed by atoms with E-state index < -0.39 is 0 Å². The summed E-state index contributed by atoms with van der Waals surface area (Å²) >= 11 is 1.62. The van der Waals surface area contributed by atoms with Crippen LogP contribution in [0.3, 0.4) is 0 Å². The van der Waals surface area contributed by atoms with Gasteiger partial charge in [0.05, 0.1) is 7.11 Å². The number of hydrogen-bond donors (Lipinski definition) is 1. The van der Waals surface area contributed by atoms with E-state index >= 15 is 0 Å². The maximum atomic E-state index is 12.3. The summed E-state index contributed by atoms with van der Waals surface area (Å²) in [7, 11) is 1.60. The van der Waals surface area contributed by atoms with Gasteiger partial charge in [-0.1, -0.05) is 12.1 Å². The standard InChI is InChI=1S/C16H17NO2S/c1-11-7-8-14(20-3)10-15(11)16(18)17-12-5-4-6-13(9-12)19-2/h4-10H,1-3H3,(H,17,18). The Morgan fingerprint density at radius 2 is 2.00 bits per heavy atom. The molecule has 1 amide bonds. The summed E-state index contributed by atoms with van der Waals surface area (Å²) in [6, 6.07) is 13.2. The number of thioether (sulfide) groups is 1. The molecular formula is C16H17NO2S. The highest BCUT2D eigenvalue weighted by atomic mass is 32.2. The first-order valence-corrected chi connectivity index (χ1v) is 7.46. The van der Waals surface area contributed by atoms with Crippen LogP contribution in [0.1, 0.15) is 15.9 Å². The van der Waals surface area contributed by atoms with Gasteiger partial charge >= 0.3 is 0 Å². The predicted octanol–water partition coefficient (Wildman–Crippen LogP) is 3.98. The highest BCUT2D eigenvalue weighted by molar-refractivity contribution is 7.98. The van der Waals surface area contributed by atoms with Crippen LogP contribution < -0.4 is 10.1 Å². The first-order chi connectivity index (χ1) is 9.63. The fourth-order valence-electron chi connectivity index (χ4n) is 1.87. The molecule has 1 N–H and O–H groups in total. The van der Waals surface area contributed by atoms with Gasteiger partial charge in [-0.15, -0.1) is 11.8 Å². The molecule has 0 heterocycles. The molecule has 0 aliphatic rings. The second kappa shape index (κ2) is 6.48. The Balaban J connectivity index is 2.23. The lowest BCUT2D eigenvalue weighted by Crippen LogP contribution is -2.13. The van der Waals surface area contributed by atoms with Crippen molar-refractivity contribution in [3.8, 4) is 5.75 Å². The number of methoxy groups -OCH3 is 1. The Morgan fingerprint density at radius 3 is 2.70 bits per heavy atom. The van der Waals surface area contributed by atoms with Crippen molar-refractivity contribution in [2.75, 3.05) is 18.7 Å². The molecule has 0 saturated carbocycles. The topological polar surface area (TPSA) is 38.3 Å². The van der Waals surface area contributed by atoms with E-state index in [0.29, 0.717) is 5.56 Å². The van der Waals surface area contributed by atoms with Gasteiger partial charge in [0, 0.05) is 22.2 Å². The fraction of sp³-hybridized carbons (Fsp3) is 0.188. The monoisotopic (exact) mass is 287 g/mol. The van der Waals surface area contributed by atoms with E-state index in [4.69, 9.17) is 4.74 Å². The molecule has 0 atom stereocenters. The number of carbonyl (C=O) groups excluding carboxylic acids is 1. The average molecular weight is 287 g/mol. The predicted molar refractivity (Wildman–Crippen MR) is 83.9 cm³/mol. The Morgan fingerprint density at radius 1 is 1.20 bits per heavy atom. The molecule has 0 bridgehead atoms. The van der Waals surface area contributed by atoms with E-state index in [9.17, 15) is 4.79 Å². The van der Waals surface area contributed by atoms with Crippen molar-refractivity contribution in [3.63, 3.8) is 0 Å². The molecule has 104 valence electrons. The summed E-state index contributed by atoms with van der Waals surface area (Å²) in [5.74, 6) is 0.615. The molecule has 0 unspecified atom stereocenters. The summed E-state index contributed by atoms with van der Waals surface area (Å²) in [6.07, 6.45) is 1.99. The van der Waals surface area contributed by atoms with E-state index in [1.807, 2.05) is 49.6 Å². The number of aryl methyl sites for hydroxylation is 1. The molecule has 0 fully saturated rings. The quantitative estimate of drug-likeness (QED) is 0.864. The van der Waals surface area contributed by atoms with Gasteiger partial charge in [0.2, 0.25) is 0 Å². The van der Waals surface area contributed by atoms with Gasteiger partial charge in [0.1, 0.15) is 5.75 Å². The van der Waals surface area contributed by atoms with Crippen molar-refractivity contribution in [3.05, 3.63) is 53.6 Å². The van der Waals surface area contributed by atoms with Gasteiger partial charge < -0.3 is 10.1 Å². The number of amides is 1. The lowest BCUT2D eigenvalue weighted by atomic mass is 10.1. The molecule has 0 radical (unpaired) electrons. The third-order valence-corrected chi connectivity index (χ3v) is 3.74. The summed E-state index contributed by atoms with van der Waals surface area (Å²) in [4.78, 5) is 13.4. The Bertz CT molecular complexity index is 626. The van der Waals surface area contributed by atoms with Crippen molar-refractivity contribution >= 4 is 23.4 Å². The van der Waals surface area contributed by atoms with E-state index in [1.165, 1.54) is 0 Å². The molecule has 0 aromatic heterocycles. The van der Waals surface area contributed by atoms with Crippen molar-refractivity contribution in [2.24, 2.45) is 0 Å². The third-order valence-electron chi connectivity index (χ3n) is 3.02. The van der Waals surface area contributed by atoms with Gasteiger partial charge in [0.15, 0.2) is 0 Å². The first kappa shape index (κ1) is 14.5. The van der Waals surface area contributed by atoms with Crippen molar-refractivity contribution in [2.45, 2.75) is 11.8 Å². The SMILES string of the molecule is COc1cccc(NC(=O)c2cc(SC)ccc2C)c1. The summed E-state index contributed by atoms with van der Waals surface area (Å²) in [5.41, 5.74) is 2.38. The van der Waals surface area contributed by atoms with Crippen LogP contribution in [-0.4, -0.2) is 19.3 Å². The highest BCUT2D eigenvalue weighted by Crippen LogP contribution is 2.21. The van der Waals surface area contributed by atoms with Gasteiger partial charge in [-0.2, -0.15) is 0 Å². The molecule has 0 spiro atoms. The lowest BCUT2D eigenvalue weighted by molar-refractivity contribution is 0.102. The minimum Gasteiger partial charge on any atom is -0.497 e. The van der Waals surface area contributed by atoms with Crippen LogP contribution in [0.25, 0.3) is 0 Å². The highest BCUT2D eigenvalue weighted by Gasteiger charge is 2.10. The van der Waals surface area contributed by atoms with Crippen LogP contribution in [0.5, 0.6) is 5.75 Å². The smallest absolute Gasteiger partial charge is 0.255 e. The van der Waals surface area contributed by atoms with Crippen molar-refractivity contribution < 1.29 is 9.53 Å². The van der Waals surface area contributed by atoms with Crippen LogP contribution >= 0.6 is 11.8 Å². The number of ether oxygens (including phenoxy) is 1. The normalized spacial score (nSPS) is 10.2. The number of hydrogen-bond acceptors (Lipinski definition) is 3. The van der Waals surface area contributed by atoms with Gasteiger partial charge in [0.25, 0.3) is 5.91 Å². The van der Waals surface area contributed by atoms with Crippen LogP contribution in [0.2, 0.25) is 0 Å². The average Bonchev–Trinajstić information content (AvgIpc) is 2.47. The van der Waals surface area contributed by atoms with E-state index in [1.54, 1.807) is 24.9 Å². The zero-order valence-electron chi connectivity index (χ0n) is 11.8. The van der Waals surface area contributed by atoms with Crippen LogP contribution in [0, 0.1) is 6.92 Å². The molecule has 2 rings (SSSR count). The number of benzene rings is 2. The van der Waals surface area contributed by atoms with Gasteiger partial charge in [-0.25, -0.2) is 0 Å². The maximum absolute atomic E-state index is 12.3. The zero-order chi connectivity index (χ0) is 14.5. The lowest BCUT2D eigenvalue weighted by Gasteiger charge is -2.10. The Hall–Kier alpha value is -1.94.